The zero-order valence-corrected chi connectivity index (χ0v) is 8.67. The first kappa shape index (κ1) is 9.70. The summed E-state index contributed by atoms with van der Waals surface area (Å²) >= 11 is 0. The van der Waals surface area contributed by atoms with Gasteiger partial charge in [0.2, 0.25) is 11.8 Å². The smallest absolute Gasteiger partial charge is 0.258 e. The zero-order chi connectivity index (χ0) is 10.7. The molecule has 0 N–H and O–H groups in total. The second-order valence-electron chi connectivity index (χ2n) is 2.77. The van der Waals surface area contributed by atoms with Crippen molar-refractivity contribution in [3.8, 4) is 11.8 Å². The van der Waals surface area contributed by atoms with Crippen LogP contribution in [0.5, 0.6) is 11.8 Å². The Balaban J connectivity index is 2.48. The van der Waals surface area contributed by atoms with Gasteiger partial charge in [-0.3, -0.25) is 0 Å². The number of ether oxygens (including phenoxy) is 2. The van der Waals surface area contributed by atoms with Crippen LogP contribution in [0.4, 0.5) is 0 Å². The summed E-state index contributed by atoms with van der Waals surface area (Å²) < 4.78 is 12.2. The van der Waals surface area contributed by atoms with Crippen LogP contribution in [-0.4, -0.2) is 32.8 Å². The van der Waals surface area contributed by atoms with Crippen LogP contribution >= 0.6 is 0 Å². The van der Waals surface area contributed by atoms with E-state index in [1.165, 1.54) is 10.8 Å². The van der Waals surface area contributed by atoms with Gasteiger partial charge in [0.1, 0.15) is 6.33 Å². The Hall–Kier alpha value is -1.85. The van der Waals surface area contributed by atoms with Gasteiger partial charge in [0, 0.05) is 0 Å². The minimum atomic E-state index is 0.476. The molecule has 0 saturated heterocycles. The summed E-state index contributed by atoms with van der Waals surface area (Å²) in [5.74, 6) is 1.56. The van der Waals surface area contributed by atoms with Gasteiger partial charge in [-0.25, -0.2) is 0 Å². The highest BCUT2D eigenvalue weighted by atomic mass is 16.5. The monoisotopic (exact) mass is 208 g/mol. The van der Waals surface area contributed by atoms with Crippen LogP contribution in [0.3, 0.4) is 0 Å². The molecule has 0 unspecified atom stereocenters. The summed E-state index contributed by atoms with van der Waals surface area (Å²) in [7, 11) is 0. The van der Waals surface area contributed by atoms with Gasteiger partial charge < -0.3 is 9.47 Å². The number of hydrogen-bond donors (Lipinski definition) is 0. The van der Waals surface area contributed by atoms with Crippen LogP contribution in [0.15, 0.2) is 12.4 Å². The number of fused-ring (bicyclic) bond motifs is 1. The fourth-order valence-electron chi connectivity index (χ4n) is 1.24. The third kappa shape index (κ3) is 1.83. The van der Waals surface area contributed by atoms with Gasteiger partial charge in [0.25, 0.3) is 5.78 Å². The Labute approximate surface area is 86.9 Å². The van der Waals surface area contributed by atoms with Crippen molar-refractivity contribution >= 4 is 5.78 Å². The van der Waals surface area contributed by atoms with Gasteiger partial charge in [0.15, 0.2) is 0 Å². The predicted molar refractivity (Wildman–Crippen MR) is 53.1 cm³/mol. The van der Waals surface area contributed by atoms with Gasteiger partial charge >= 0.3 is 0 Å². The van der Waals surface area contributed by atoms with Crippen molar-refractivity contribution in [1.29, 1.82) is 0 Å². The maximum atomic E-state index is 5.40. The lowest BCUT2D eigenvalue weighted by molar-refractivity contribution is 0.300. The highest BCUT2D eigenvalue weighted by molar-refractivity contribution is 5.35. The first-order valence-electron chi connectivity index (χ1n) is 4.81. The van der Waals surface area contributed by atoms with Gasteiger partial charge in [-0.2, -0.15) is 19.6 Å². The number of rotatable bonds is 4. The third-order valence-corrected chi connectivity index (χ3v) is 1.78. The average Bonchev–Trinajstić information content (AvgIpc) is 2.67. The second-order valence-corrected chi connectivity index (χ2v) is 2.77. The first-order valence-corrected chi connectivity index (χ1v) is 4.81. The Kier molecular flexibility index (Phi) is 2.66. The van der Waals surface area contributed by atoms with Crippen molar-refractivity contribution in [1.82, 2.24) is 19.6 Å². The quantitative estimate of drug-likeness (QED) is 0.747. The van der Waals surface area contributed by atoms with E-state index in [0.29, 0.717) is 30.8 Å². The van der Waals surface area contributed by atoms with Crippen molar-refractivity contribution in [2.75, 3.05) is 13.2 Å². The normalized spacial score (nSPS) is 10.5. The van der Waals surface area contributed by atoms with E-state index in [9.17, 15) is 0 Å². The van der Waals surface area contributed by atoms with Crippen molar-refractivity contribution < 1.29 is 9.47 Å². The molecule has 0 aliphatic carbocycles. The molecule has 2 aromatic rings. The summed E-state index contributed by atoms with van der Waals surface area (Å²) in [5, 5.41) is 4.00. The van der Waals surface area contributed by atoms with Gasteiger partial charge in [-0.15, -0.1) is 0 Å². The summed E-state index contributed by atoms with van der Waals surface area (Å²) in [5.41, 5.74) is 0. The molecule has 0 atom stereocenters. The SMILES string of the molecule is CCOc1cc(OCC)n2ncnc2n1. The van der Waals surface area contributed by atoms with E-state index < -0.39 is 0 Å². The summed E-state index contributed by atoms with van der Waals surface area (Å²) in [6.07, 6.45) is 1.43. The molecular weight excluding hydrogens is 196 g/mol. The molecule has 0 amide bonds. The molecule has 0 aliphatic heterocycles. The first-order chi connectivity index (χ1) is 7.35. The molecule has 2 aromatic heterocycles. The van der Waals surface area contributed by atoms with Crippen LogP contribution in [-0.2, 0) is 0 Å². The van der Waals surface area contributed by atoms with E-state index in [1.54, 1.807) is 6.07 Å². The molecule has 0 saturated carbocycles. The molecule has 0 spiro atoms. The van der Waals surface area contributed by atoms with Gasteiger partial charge in [-0.05, 0) is 13.8 Å². The van der Waals surface area contributed by atoms with E-state index in [0.717, 1.165) is 0 Å². The van der Waals surface area contributed by atoms with Crippen LogP contribution in [0, 0.1) is 0 Å². The van der Waals surface area contributed by atoms with E-state index >= 15 is 0 Å². The zero-order valence-electron chi connectivity index (χ0n) is 8.67. The minimum absolute atomic E-state index is 0.476. The highest BCUT2D eigenvalue weighted by Gasteiger charge is 2.08. The molecule has 2 heterocycles. The molecule has 15 heavy (non-hydrogen) atoms. The van der Waals surface area contributed by atoms with E-state index in [1.807, 2.05) is 13.8 Å². The van der Waals surface area contributed by atoms with E-state index in [2.05, 4.69) is 15.1 Å². The number of aromatic nitrogens is 4. The fourth-order valence-corrected chi connectivity index (χ4v) is 1.24. The molecule has 0 aliphatic rings. The average molecular weight is 208 g/mol. The lowest BCUT2D eigenvalue weighted by Crippen LogP contribution is -2.03. The Morgan fingerprint density at radius 2 is 2.07 bits per heavy atom. The molecule has 0 radical (unpaired) electrons. The van der Waals surface area contributed by atoms with Crippen molar-refractivity contribution in [2.45, 2.75) is 13.8 Å². The van der Waals surface area contributed by atoms with Crippen molar-refractivity contribution in [2.24, 2.45) is 0 Å². The number of hydrogen-bond acceptors (Lipinski definition) is 5. The van der Waals surface area contributed by atoms with Gasteiger partial charge in [0.05, 0.1) is 19.3 Å². The Bertz CT molecular complexity index is 454. The van der Waals surface area contributed by atoms with Crippen LogP contribution in [0.25, 0.3) is 5.78 Å². The molecule has 0 bridgehead atoms. The molecule has 0 fully saturated rings. The summed E-state index contributed by atoms with van der Waals surface area (Å²) in [6, 6.07) is 1.70. The van der Waals surface area contributed by atoms with Crippen LogP contribution < -0.4 is 9.47 Å². The summed E-state index contributed by atoms with van der Waals surface area (Å²) in [6.45, 7) is 4.92. The Morgan fingerprint density at radius 1 is 1.27 bits per heavy atom. The highest BCUT2D eigenvalue weighted by Crippen LogP contribution is 2.18. The fraction of sp³-hybridized carbons (Fsp3) is 0.444. The number of nitrogens with zero attached hydrogens (tertiary/aromatic N) is 4. The standard InChI is InChI=1S/C9H12N4O2/c1-3-14-7-5-8(15-4-2)13-9(12-7)10-6-11-13/h5-6H,3-4H2,1-2H3. The van der Waals surface area contributed by atoms with Crippen LogP contribution in [0.2, 0.25) is 0 Å². The topological polar surface area (TPSA) is 61.5 Å². The maximum absolute atomic E-state index is 5.40. The van der Waals surface area contributed by atoms with E-state index in [4.69, 9.17) is 9.47 Å². The molecule has 6 heteroatoms. The van der Waals surface area contributed by atoms with Crippen LogP contribution in [0.1, 0.15) is 13.8 Å². The third-order valence-electron chi connectivity index (χ3n) is 1.78. The largest absolute Gasteiger partial charge is 0.478 e. The van der Waals surface area contributed by atoms with Crippen molar-refractivity contribution in [3.63, 3.8) is 0 Å². The second kappa shape index (κ2) is 4.12. The molecule has 0 aromatic carbocycles. The minimum Gasteiger partial charge on any atom is -0.478 e. The molecule has 2 rings (SSSR count). The van der Waals surface area contributed by atoms with Crippen molar-refractivity contribution in [3.05, 3.63) is 12.4 Å². The molecular formula is C9H12N4O2. The van der Waals surface area contributed by atoms with Gasteiger partial charge in [-0.1, -0.05) is 0 Å². The molecule has 6 nitrogen and oxygen atoms in total. The van der Waals surface area contributed by atoms with E-state index in [-0.39, 0.29) is 0 Å². The predicted octanol–water partition coefficient (Wildman–Crippen LogP) is 0.922. The maximum Gasteiger partial charge on any atom is 0.258 e. The lowest BCUT2D eigenvalue weighted by atomic mass is 10.6. The lowest BCUT2D eigenvalue weighted by Gasteiger charge is -2.07. The Morgan fingerprint density at radius 3 is 2.80 bits per heavy atom. The molecule has 80 valence electrons. The summed E-state index contributed by atoms with van der Waals surface area (Å²) in [4.78, 5) is 8.14.